The summed E-state index contributed by atoms with van der Waals surface area (Å²) >= 11 is 0. The summed E-state index contributed by atoms with van der Waals surface area (Å²) in [6, 6.07) is 11.7. The largest absolute Gasteiger partial charge is 0.352 e. The molecule has 0 amide bonds. The molecular weight excluding hydrogens is 364 g/mol. The molecule has 0 spiro atoms. The van der Waals surface area contributed by atoms with E-state index in [0.717, 1.165) is 19.8 Å². The highest BCUT2D eigenvalue weighted by atomic mass is 15.4. The molecule has 1 aliphatic rings. The van der Waals surface area contributed by atoms with Crippen molar-refractivity contribution < 1.29 is 0 Å². The molecule has 1 saturated heterocycles. The number of para-hydroxylation sites is 1. The quantitative estimate of drug-likeness (QED) is 0.483. The van der Waals surface area contributed by atoms with E-state index in [1.54, 1.807) is 0 Å². The van der Waals surface area contributed by atoms with E-state index in [1.807, 2.05) is 0 Å². The van der Waals surface area contributed by atoms with Crippen molar-refractivity contribution in [2.24, 2.45) is 0 Å². The Labute approximate surface area is 185 Å². The molecule has 1 aliphatic heterocycles. The van der Waals surface area contributed by atoms with Crippen molar-refractivity contribution in [3.63, 3.8) is 0 Å². The van der Waals surface area contributed by atoms with Crippen molar-refractivity contribution in [1.82, 2.24) is 0 Å². The van der Waals surface area contributed by atoms with Gasteiger partial charge in [-0.15, -0.1) is 0 Å². The molecule has 0 bridgehead atoms. The Kier molecular flexibility index (Phi) is 6.84. The van der Waals surface area contributed by atoms with Crippen LogP contribution in [-0.4, -0.2) is 19.8 Å². The van der Waals surface area contributed by atoms with Gasteiger partial charge in [0.1, 0.15) is 0 Å². The zero-order valence-electron chi connectivity index (χ0n) is 20.7. The predicted octanol–water partition coefficient (Wildman–Crippen LogP) is 7.77. The Hall–Kier alpha value is -1.96. The second-order valence-electron chi connectivity index (χ2n) is 10.4. The average Bonchev–Trinajstić information content (AvgIpc) is 3.15. The lowest BCUT2D eigenvalue weighted by atomic mass is 9.90. The number of benzene rings is 2. The molecule has 0 atom stereocenters. The second-order valence-corrected chi connectivity index (χ2v) is 10.4. The normalized spacial score (nSPS) is 14.8. The third kappa shape index (κ3) is 4.38. The minimum Gasteiger partial charge on any atom is -0.352 e. The minimum atomic E-state index is 0.528. The topological polar surface area (TPSA) is 6.48 Å². The SMILES string of the molecule is Cc1cc(C(C)C)c(N2CCN(c3c(C(C)C)cccc3C(C)C)C2)c(C(C)C)c1. The molecule has 0 N–H and O–H groups in total. The van der Waals surface area contributed by atoms with Crippen molar-refractivity contribution in [3.8, 4) is 0 Å². The molecule has 2 nitrogen and oxygen atoms in total. The molecule has 2 aromatic rings. The molecular formula is C28H42N2. The van der Waals surface area contributed by atoms with Gasteiger partial charge in [0.05, 0.1) is 6.67 Å². The van der Waals surface area contributed by atoms with Crippen LogP contribution in [0.1, 0.15) is 107 Å². The highest BCUT2D eigenvalue weighted by Gasteiger charge is 2.29. The van der Waals surface area contributed by atoms with E-state index in [-0.39, 0.29) is 0 Å². The summed E-state index contributed by atoms with van der Waals surface area (Å²) in [7, 11) is 0. The minimum absolute atomic E-state index is 0.528. The Balaban J connectivity index is 2.06. The summed E-state index contributed by atoms with van der Waals surface area (Å²) in [5.41, 5.74) is 10.3. The van der Waals surface area contributed by atoms with Crippen LogP contribution < -0.4 is 9.80 Å². The van der Waals surface area contributed by atoms with E-state index >= 15 is 0 Å². The molecule has 1 fully saturated rings. The molecule has 30 heavy (non-hydrogen) atoms. The Morgan fingerprint density at radius 1 is 0.600 bits per heavy atom. The summed E-state index contributed by atoms with van der Waals surface area (Å²) in [6.45, 7) is 24.0. The first-order chi connectivity index (χ1) is 14.1. The van der Waals surface area contributed by atoms with Crippen LogP contribution in [0, 0.1) is 6.92 Å². The number of rotatable bonds is 6. The van der Waals surface area contributed by atoms with Gasteiger partial charge in [0.2, 0.25) is 0 Å². The van der Waals surface area contributed by atoms with Crippen molar-refractivity contribution >= 4 is 11.4 Å². The van der Waals surface area contributed by atoms with Gasteiger partial charge in [0.25, 0.3) is 0 Å². The lowest BCUT2D eigenvalue weighted by Crippen LogP contribution is -2.28. The zero-order valence-corrected chi connectivity index (χ0v) is 20.7. The Morgan fingerprint density at radius 2 is 0.967 bits per heavy atom. The molecule has 2 heteroatoms. The van der Waals surface area contributed by atoms with Gasteiger partial charge in [-0.2, -0.15) is 0 Å². The summed E-state index contributed by atoms with van der Waals surface area (Å²) in [5.74, 6) is 2.12. The van der Waals surface area contributed by atoms with E-state index in [0.29, 0.717) is 23.7 Å². The maximum absolute atomic E-state index is 2.64. The van der Waals surface area contributed by atoms with Gasteiger partial charge < -0.3 is 9.80 Å². The first-order valence-electron chi connectivity index (χ1n) is 11.9. The van der Waals surface area contributed by atoms with Crippen LogP contribution in [0.5, 0.6) is 0 Å². The Bertz CT molecular complexity index is 821. The van der Waals surface area contributed by atoms with Gasteiger partial charge in [-0.3, -0.25) is 0 Å². The number of aryl methyl sites for hydroxylation is 1. The monoisotopic (exact) mass is 406 g/mol. The third-order valence-corrected chi connectivity index (χ3v) is 6.51. The maximum Gasteiger partial charge on any atom is 0.0904 e. The average molecular weight is 407 g/mol. The van der Waals surface area contributed by atoms with Gasteiger partial charge in [-0.05, 0) is 52.8 Å². The predicted molar refractivity (Wildman–Crippen MR) is 134 cm³/mol. The summed E-state index contributed by atoms with van der Waals surface area (Å²) in [4.78, 5) is 5.28. The van der Waals surface area contributed by atoms with Crippen molar-refractivity contribution in [1.29, 1.82) is 0 Å². The van der Waals surface area contributed by atoms with Gasteiger partial charge in [-0.1, -0.05) is 91.3 Å². The van der Waals surface area contributed by atoms with Crippen molar-refractivity contribution in [2.45, 2.75) is 86.0 Å². The van der Waals surface area contributed by atoms with Crippen LogP contribution >= 0.6 is 0 Å². The maximum atomic E-state index is 2.64. The molecule has 164 valence electrons. The smallest absolute Gasteiger partial charge is 0.0904 e. The number of anilines is 2. The van der Waals surface area contributed by atoms with Crippen molar-refractivity contribution in [3.05, 3.63) is 58.1 Å². The Morgan fingerprint density at radius 3 is 1.33 bits per heavy atom. The van der Waals surface area contributed by atoms with E-state index < -0.39 is 0 Å². The van der Waals surface area contributed by atoms with E-state index in [1.165, 1.54) is 39.2 Å². The number of nitrogens with zero attached hydrogens (tertiary/aromatic N) is 2. The molecule has 0 aliphatic carbocycles. The summed E-state index contributed by atoms with van der Waals surface area (Å²) in [5, 5.41) is 0. The van der Waals surface area contributed by atoms with Crippen LogP contribution in [0.15, 0.2) is 30.3 Å². The zero-order chi connectivity index (χ0) is 22.2. The fraction of sp³-hybridized carbons (Fsp3) is 0.571. The van der Waals surface area contributed by atoms with Crippen LogP contribution in [0.4, 0.5) is 11.4 Å². The van der Waals surface area contributed by atoms with Gasteiger partial charge >= 0.3 is 0 Å². The van der Waals surface area contributed by atoms with Crippen LogP contribution in [0.3, 0.4) is 0 Å². The molecule has 0 unspecified atom stereocenters. The first kappa shape index (κ1) is 22.7. The van der Waals surface area contributed by atoms with E-state index in [4.69, 9.17) is 0 Å². The standard InChI is InChI=1S/C28H42N2/c1-18(2)23-11-10-12-24(19(3)4)27(23)29-13-14-30(17-29)28-25(20(5)6)15-22(9)16-26(28)21(7)8/h10-12,15-16,18-21H,13-14,17H2,1-9H3. The molecule has 0 radical (unpaired) electrons. The van der Waals surface area contributed by atoms with Gasteiger partial charge in [0.15, 0.2) is 0 Å². The molecule has 3 rings (SSSR count). The molecule has 1 heterocycles. The fourth-order valence-electron chi connectivity index (χ4n) is 4.91. The van der Waals surface area contributed by atoms with Crippen molar-refractivity contribution in [2.75, 3.05) is 29.6 Å². The van der Waals surface area contributed by atoms with Gasteiger partial charge in [-0.25, -0.2) is 0 Å². The summed E-state index contributed by atoms with van der Waals surface area (Å²) < 4.78 is 0. The fourth-order valence-corrected chi connectivity index (χ4v) is 4.91. The second kappa shape index (κ2) is 9.04. The van der Waals surface area contributed by atoms with E-state index in [2.05, 4.69) is 102 Å². The highest BCUT2D eigenvalue weighted by Crippen LogP contribution is 2.41. The van der Waals surface area contributed by atoms with E-state index in [9.17, 15) is 0 Å². The summed E-state index contributed by atoms with van der Waals surface area (Å²) in [6.07, 6.45) is 0. The van der Waals surface area contributed by atoms with Crippen LogP contribution in [-0.2, 0) is 0 Å². The number of hydrogen-bond donors (Lipinski definition) is 0. The van der Waals surface area contributed by atoms with Crippen LogP contribution in [0.25, 0.3) is 0 Å². The number of hydrogen-bond acceptors (Lipinski definition) is 2. The van der Waals surface area contributed by atoms with Gasteiger partial charge in [0, 0.05) is 24.5 Å². The molecule has 0 aromatic heterocycles. The first-order valence-corrected chi connectivity index (χ1v) is 11.9. The lowest BCUT2D eigenvalue weighted by molar-refractivity contribution is 0.796. The highest BCUT2D eigenvalue weighted by molar-refractivity contribution is 5.68. The third-order valence-electron chi connectivity index (χ3n) is 6.51. The van der Waals surface area contributed by atoms with Crippen LogP contribution in [0.2, 0.25) is 0 Å². The lowest BCUT2D eigenvalue weighted by Gasteiger charge is -2.31. The molecule has 2 aromatic carbocycles. The molecule has 0 saturated carbocycles.